The van der Waals surface area contributed by atoms with Crippen LogP contribution in [0.1, 0.15) is 88.0 Å². The van der Waals surface area contributed by atoms with Gasteiger partial charge in [0.15, 0.2) is 0 Å². The van der Waals surface area contributed by atoms with Crippen LogP contribution in [0.5, 0.6) is 0 Å². The van der Waals surface area contributed by atoms with Gasteiger partial charge in [-0.1, -0.05) is 75.0 Å². The smallest absolute Gasteiger partial charge is 0.258 e. The minimum atomic E-state index is -2.17. The standard InChI is InChI=1S/C31H54O4Si/c1-13-29(10)18-26(32)30(11)23(8)14-16-31(24(9)28(29)34-19-33-12)17-15-25(27(30)31)35-36(20(2)3,21(4)5)22(6)7/h13,15,20-23,26-28,32H,1,9,14,16-19H2,2-8,10-12H3/t23?,26?,27?,28?,29-,30?,31?/m1/s1. The van der Waals surface area contributed by atoms with Crippen molar-refractivity contribution in [3.63, 3.8) is 0 Å². The van der Waals surface area contributed by atoms with E-state index in [2.05, 4.69) is 75.0 Å². The second-order valence-electron chi connectivity index (χ2n) is 13.5. The van der Waals surface area contributed by atoms with Gasteiger partial charge in [-0.05, 0) is 59.9 Å². The predicted octanol–water partition coefficient (Wildman–Crippen LogP) is 8.01. The highest BCUT2D eigenvalue weighted by molar-refractivity contribution is 6.77. The van der Waals surface area contributed by atoms with Crippen molar-refractivity contribution in [1.82, 2.24) is 0 Å². The summed E-state index contributed by atoms with van der Waals surface area (Å²) in [4.78, 5) is 0. The maximum atomic E-state index is 12.1. The third-order valence-electron chi connectivity index (χ3n) is 10.9. The molecule has 3 aliphatic rings. The van der Waals surface area contributed by atoms with Crippen molar-refractivity contribution in [2.45, 2.75) is 117 Å². The maximum absolute atomic E-state index is 12.1. The van der Waals surface area contributed by atoms with E-state index in [1.807, 2.05) is 6.08 Å². The van der Waals surface area contributed by atoms with Gasteiger partial charge in [0.25, 0.3) is 8.32 Å². The van der Waals surface area contributed by atoms with Gasteiger partial charge in [-0.3, -0.25) is 0 Å². The van der Waals surface area contributed by atoms with Crippen LogP contribution >= 0.6 is 0 Å². The van der Waals surface area contributed by atoms with E-state index in [-0.39, 0.29) is 29.6 Å². The third-order valence-corrected chi connectivity index (χ3v) is 16.9. The van der Waals surface area contributed by atoms with Crippen LogP contribution in [0.2, 0.25) is 16.6 Å². The van der Waals surface area contributed by atoms with Gasteiger partial charge >= 0.3 is 0 Å². The average Bonchev–Trinajstić information content (AvgIpc) is 3.18. The second-order valence-corrected chi connectivity index (χ2v) is 18.9. The molecule has 0 radical (unpaired) electrons. The lowest BCUT2D eigenvalue weighted by Crippen LogP contribution is -2.61. The quantitative estimate of drug-likeness (QED) is 0.191. The van der Waals surface area contributed by atoms with E-state index < -0.39 is 19.8 Å². The molecule has 0 aromatic carbocycles. The van der Waals surface area contributed by atoms with E-state index >= 15 is 0 Å². The summed E-state index contributed by atoms with van der Waals surface area (Å²) in [6.07, 6.45) is 7.11. The molecule has 2 fully saturated rings. The summed E-state index contributed by atoms with van der Waals surface area (Å²) in [5.41, 5.74) is 1.62. The van der Waals surface area contributed by atoms with Crippen molar-refractivity contribution in [3.8, 4) is 0 Å². The van der Waals surface area contributed by atoms with Crippen LogP contribution in [0.3, 0.4) is 0 Å². The van der Waals surface area contributed by atoms with E-state index in [0.717, 1.165) is 30.6 Å². The Hall–Kier alpha value is -0.883. The highest BCUT2D eigenvalue weighted by Gasteiger charge is 2.66. The SMILES string of the molecule is C=C[C@]1(C)CC(O)C2(C)C(C)CCC3(CC=C(O[Si](C(C)C)(C(C)C)C(C)C)C32)C(=C)C1OCOC. The Bertz CT molecular complexity index is 841. The first-order valence-corrected chi connectivity index (χ1v) is 16.3. The zero-order valence-electron chi connectivity index (χ0n) is 24.8. The normalized spacial score (nSPS) is 39.2. The third kappa shape index (κ3) is 4.21. The molecule has 1 N–H and O–H groups in total. The van der Waals surface area contributed by atoms with Gasteiger partial charge in [0.05, 0.1) is 18.0 Å². The van der Waals surface area contributed by atoms with E-state index in [0.29, 0.717) is 29.0 Å². The maximum Gasteiger partial charge on any atom is 0.258 e. The van der Waals surface area contributed by atoms with Crippen molar-refractivity contribution in [3.05, 3.63) is 36.6 Å². The van der Waals surface area contributed by atoms with Gasteiger partial charge in [-0.25, -0.2) is 0 Å². The summed E-state index contributed by atoms with van der Waals surface area (Å²) in [7, 11) is -0.512. The summed E-state index contributed by atoms with van der Waals surface area (Å²) in [6.45, 7) is 30.0. The van der Waals surface area contributed by atoms with Gasteiger partial charge in [0.1, 0.15) is 6.79 Å². The highest BCUT2D eigenvalue weighted by atomic mass is 28.4. The van der Waals surface area contributed by atoms with Crippen LogP contribution < -0.4 is 0 Å². The molecule has 0 amide bonds. The molecule has 3 aliphatic carbocycles. The van der Waals surface area contributed by atoms with Crippen LogP contribution in [-0.2, 0) is 13.9 Å². The van der Waals surface area contributed by atoms with Gasteiger partial charge < -0.3 is 19.0 Å². The molecule has 36 heavy (non-hydrogen) atoms. The largest absolute Gasteiger partial charge is 0.546 e. The minimum absolute atomic E-state index is 0.0855. The molecule has 0 aromatic rings. The molecule has 2 bridgehead atoms. The van der Waals surface area contributed by atoms with Gasteiger partial charge in [0, 0.05) is 29.3 Å². The van der Waals surface area contributed by atoms with Crippen molar-refractivity contribution in [2.24, 2.45) is 28.1 Å². The fourth-order valence-corrected chi connectivity index (χ4v) is 14.0. The van der Waals surface area contributed by atoms with E-state index in [4.69, 9.17) is 20.5 Å². The van der Waals surface area contributed by atoms with Crippen molar-refractivity contribution < 1.29 is 19.0 Å². The number of rotatable bonds is 9. The summed E-state index contributed by atoms with van der Waals surface area (Å²) in [6, 6.07) is 0. The summed E-state index contributed by atoms with van der Waals surface area (Å²) < 4.78 is 19.2. The first-order valence-electron chi connectivity index (χ1n) is 14.2. The summed E-state index contributed by atoms with van der Waals surface area (Å²) in [5, 5.41) is 12.1. The summed E-state index contributed by atoms with van der Waals surface area (Å²) in [5.74, 6) is 1.57. The summed E-state index contributed by atoms with van der Waals surface area (Å²) >= 11 is 0. The molecule has 0 aromatic heterocycles. The van der Waals surface area contributed by atoms with E-state index in [9.17, 15) is 5.11 Å². The number of hydrogen-bond donors (Lipinski definition) is 1. The molecule has 0 spiro atoms. The Morgan fingerprint density at radius 1 is 1.14 bits per heavy atom. The number of hydrogen-bond acceptors (Lipinski definition) is 4. The number of methoxy groups -OCH3 is 1. The van der Waals surface area contributed by atoms with Gasteiger partial charge in [0.2, 0.25) is 0 Å². The Kier molecular flexibility index (Phi) is 8.53. The fourth-order valence-electron chi connectivity index (χ4n) is 8.68. The Morgan fingerprint density at radius 3 is 2.22 bits per heavy atom. The zero-order valence-corrected chi connectivity index (χ0v) is 25.8. The van der Waals surface area contributed by atoms with Crippen molar-refractivity contribution >= 4 is 8.32 Å². The number of aliphatic hydroxyl groups is 1. The van der Waals surface area contributed by atoms with Crippen LogP contribution in [-0.4, -0.2) is 39.5 Å². The van der Waals surface area contributed by atoms with Crippen LogP contribution in [0.4, 0.5) is 0 Å². The molecule has 5 heteroatoms. The molecule has 7 atom stereocenters. The predicted molar refractivity (Wildman–Crippen MR) is 152 cm³/mol. The molecule has 2 saturated carbocycles. The first kappa shape index (κ1) is 29.7. The Balaban J connectivity index is 2.21. The Morgan fingerprint density at radius 2 is 1.72 bits per heavy atom. The highest BCUT2D eigenvalue weighted by Crippen LogP contribution is 2.69. The lowest BCUT2D eigenvalue weighted by Gasteiger charge is -2.62. The molecule has 3 rings (SSSR count). The number of ether oxygens (including phenoxy) is 2. The molecular weight excluding hydrogens is 464 g/mol. The molecule has 0 aliphatic heterocycles. The molecule has 206 valence electrons. The Labute approximate surface area is 222 Å². The molecular formula is C31H54O4Si. The minimum Gasteiger partial charge on any atom is -0.546 e. The van der Waals surface area contributed by atoms with Gasteiger partial charge in [-0.15, -0.1) is 6.58 Å². The van der Waals surface area contributed by atoms with Crippen LogP contribution in [0.25, 0.3) is 0 Å². The number of aliphatic hydroxyl groups excluding tert-OH is 1. The molecule has 0 saturated heterocycles. The first-order chi connectivity index (χ1) is 16.7. The average molecular weight is 519 g/mol. The zero-order chi connectivity index (χ0) is 27.3. The van der Waals surface area contributed by atoms with Crippen LogP contribution in [0.15, 0.2) is 36.6 Å². The monoisotopic (exact) mass is 518 g/mol. The molecule has 4 nitrogen and oxygen atoms in total. The second kappa shape index (κ2) is 10.4. The topological polar surface area (TPSA) is 47.9 Å². The molecule has 6 unspecified atom stereocenters. The van der Waals surface area contributed by atoms with Crippen LogP contribution in [0, 0.1) is 28.1 Å². The lowest BCUT2D eigenvalue weighted by atomic mass is 9.45. The van der Waals surface area contributed by atoms with E-state index in [1.54, 1.807) is 7.11 Å². The van der Waals surface area contributed by atoms with Crippen molar-refractivity contribution in [1.29, 1.82) is 0 Å². The number of allylic oxidation sites excluding steroid dienone is 2. The van der Waals surface area contributed by atoms with Gasteiger partial charge in [-0.2, -0.15) is 0 Å². The lowest BCUT2D eigenvalue weighted by molar-refractivity contribution is -0.164. The molecule has 0 heterocycles. The van der Waals surface area contributed by atoms with E-state index in [1.165, 1.54) is 0 Å². The fraction of sp³-hybridized carbons (Fsp3) is 0.806. The van der Waals surface area contributed by atoms with Crippen molar-refractivity contribution in [2.75, 3.05) is 13.9 Å².